The lowest BCUT2D eigenvalue weighted by atomic mass is 10.2. The summed E-state index contributed by atoms with van der Waals surface area (Å²) in [6, 6.07) is 10.5. The van der Waals surface area contributed by atoms with Crippen molar-refractivity contribution in [3.8, 4) is 0 Å². The SMILES string of the molecule is CN/C=C\C=C/CCNCc1ccccc1. The van der Waals surface area contributed by atoms with Crippen LogP contribution in [0.25, 0.3) is 0 Å². The monoisotopic (exact) mass is 216 g/mol. The molecule has 2 nitrogen and oxygen atoms in total. The summed E-state index contributed by atoms with van der Waals surface area (Å²) in [7, 11) is 1.89. The molecule has 1 aromatic carbocycles. The molecule has 0 aliphatic rings. The number of allylic oxidation sites excluding steroid dienone is 2. The van der Waals surface area contributed by atoms with Crippen molar-refractivity contribution in [2.75, 3.05) is 13.6 Å². The fourth-order valence-corrected chi connectivity index (χ4v) is 1.34. The van der Waals surface area contributed by atoms with Crippen molar-refractivity contribution in [2.24, 2.45) is 0 Å². The maximum atomic E-state index is 3.40. The molecule has 0 aromatic heterocycles. The van der Waals surface area contributed by atoms with Crippen molar-refractivity contribution in [2.45, 2.75) is 13.0 Å². The first-order valence-electron chi connectivity index (χ1n) is 5.67. The lowest BCUT2D eigenvalue weighted by Crippen LogP contribution is -2.13. The summed E-state index contributed by atoms with van der Waals surface area (Å²) in [4.78, 5) is 0. The van der Waals surface area contributed by atoms with Gasteiger partial charge in [0.2, 0.25) is 0 Å². The van der Waals surface area contributed by atoms with E-state index >= 15 is 0 Å². The van der Waals surface area contributed by atoms with E-state index in [-0.39, 0.29) is 0 Å². The minimum absolute atomic E-state index is 0.945. The summed E-state index contributed by atoms with van der Waals surface area (Å²) in [5, 5.41) is 6.35. The molecule has 0 spiro atoms. The Morgan fingerprint density at radius 3 is 2.69 bits per heavy atom. The van der Waals surface area contributed by atoms with E-state index in [1.54, 1.807) is 0 Å². The number of rotatable bonds is 7. The van der Waals surface area contributed by atoms with Crippen LogP contribution in [-0.2, 0) is 6.54 Å². The zero-order chi connectivity index (χ0) is 11.5. The minimum atomic E-state index is 0.945. The van der Waals surface area contributed by atoms with Gasteiger partial charge in [-0.25, -0.2) is 0 Å². The number of hydrogen-bond acceptors (Lipinski definition) is 2. The van der Waals surface area contributed by atoms with Crippen molar-refractivity contribution < 1.29 is 0 Å². The van der Waals surface area contributed by atoms with Gasteiger partial charge in [0, 0.05) is 13.6 Å². The molecule has 1 rings (SSSR count). The summed E-state index contributed by atoms with van der Waals surface area (Å²) in [6.07, 6.45) is 9.18. The zero-order valence-corrected chi connectivity index (χ0v) is 9.82. The summed E-state index contributed by atoms with van der Waals surface area (Å²) < 4.78 is 0. The number of benzene rings is 1. The average Bonchev–Trinajstić information content (AvgIpc) is 2.34. The maximum Gasteiger partial charge on any atom is 0.0205 e. The second-order valence-electron chi connectivity index (χ2n) is 3.53. The smallest absolute Gasteiger partial charge is 0.0205 e. The van der Waals surface area contributed by atoms with Crippen LogP contribution in [0.3, 0.4) is 0 Å². The van der Waals surface area contributed by atoms with Crippen LogP contribution in [0.5, 0.6) is 0 Å². The number of nitrogens with one attached hydrogen (secondary N) is 2. The fraction of sp³-hybridized carbons (Fsp3) is 0.286. The van der Waals surface area contributed by atoms with Crippen LogP contribution < -0.4 is 10.6 Å². The molecule has 0 fully saturated rings. The minimum Gasteiger partial charge on any atom is -0.394 e. The Kier molecular flexibility index (Phi) is 6.85. The lowest BCUT2D eigenvalue weighted by Gasteiger charge is -2.02. The van der Waals surface area contributed by atoms with E-state index in [4.69, 9.17) is 0 Å². The molecule has 0 saturated heterocycles. The molecule has 0 radical (unpaired) electrons. The van der Waals surface area contributed by atoms with Crippen molar-refractivity contribution in [1.82, 2.24) is 10.6 Å². The summed E-state index contributed by atoms with van der Waals surface area (Å²) in [6.45, 7) is 1.96. The van der Waals surface area contributed by atoms with Crippen molar-refractivity contribution in [3.05, 3.63) is 60.3 Å². The molecule has 0 saturated carbocycles. The van der Waals surface area contributed by atoms with Crippen LogP contribution in [0, 0.1) is 0 Å². The first kappa shape index (κ1) is 12.5. The molecular weight excluding hydrogens is 196 g/mol. The predicted molar refractivity (Wildman–Crippen MR) is 70.1 cm³/mol. The van der Waals surface area contributed by atoms with Gasteiger partial charge in [-0.3, -0.25) is 0 Å². The molecular formula is C14H20N2. The maximum absolute atomic E-state index is 3.40. The Morgan fingerprint density at radius 1 is 1.12 bits per heavy atom. The standard InChI is InChI=1S/C14H20N2/c1-15-11-7-2-3-8-12-16-13-14-9-5-4-6-10-14/h2-7,9-11,15-16H,8,12-13H2,1H3/b3-2-,11-7-. The molecule has 1 aromatic rings. The van der Waals surface area contributed by atoms with Gasteiger partial charge < -0.3 is 10.6 Å². The van der Waals surface area contributed by atoms with Gasteiger partial charge in [-0.2, -0.15) is 0 Å². The molecule has 0 amide bonds. The summed E-state index contributed by atoms with van der Waals surface area (Å²) in [5.74, 6) is 0. The highest BCUT2D eigenvalue weighted by Crippen LogP contribution is 1.96. The van der Waals surface area contributed by atoms with E-state index < -0.39 is 0 Å². The molecule has 0 bridgehead atoms. The van der Waals surface area contributed by atoms with Crippen LogP contribution in [0.2, 0.25) is 0 Å². The Morgan fingerprint density at radius 2 is 1.94 bits per heavy atom. The predicted octanol–water partition coefficient (Wildman–Crippen LogP) is 2.46. The van der Waals surface area contributed by atoms with Gasteiger partial charge in [0.15, 0.2) is 0 Å². The third-order valence-corrected chi connectivity index (χ3v) is 2.17. The molecule has 16 heavy (non-hydrogen) atoms. The Labute approximate surface area is 98.1 Å². The fourth-order valence-electron chi connectivity index (χ4n) is 1.34. The molecule has 2 heteroatoms. The highest BCUT2D eigenvalue weighted by Gasteiger charge is 1.88. The summed E-state index contributed by atoms with van der Waals surface area (Å²) in [5.41, 5.74) is 1.33. The first-order valence-corrected chi connectivity index (χ1v) is 5.67. The first-order chi connectivity index (χ1) is 7.93. The van der Waals surface area contributed by atoms with E-state index in [9.17, 15) is 0 Å². The third kappa shape index (κ3) is 6.04. The van der Waals surface area contributed by atoms with Crippen LogP contribution in [0.15, 0.2) is 54.8 Å². The molecule has 86 valence electrons. The van der Waals surface area contributed by atoms with Gasteiger partial charge >= 0.3 is 0 Å². The molecule has 0 heterocycles. The Hall–Kier alpha value is -1.54. The van der Waals surface area contributed by atoms with E-state index in [2.05, 4.69) is 47.1 Å². The lowest BCUT2D eigenvalue weighted by molar-refractivity contribution is 0.695. The molecule has 0 aliphatic heterocycles. The van der Waals surface area contributed by atoms with Crippen molar-refractivity contribution >= 4 is 0 Å². The van der Waals surface area contributed by atoms with Gasteiger partial charge in [-0.05, 0) is 30.8 Å². The second kappa shape index (κ2) is 8.74. The van der Waals surface area contributed by atoms with Crippen LogP contribution in [0.4, 0.5) is 0 Å². The van der Waals surface area contributed by atoms with Gasteiger partial charge in [-0.1, -0.05) is 42.5 Å². The van der Waals surface area contributed by atoms with E-state index in [1.807, 2.05) is 25.4 Å². The van der Waals surface area contributed by atoms with Gasteiger partial charge in [0.1, 0.15) is 0 Å². The quantitative estimate of drug-likeness (QED) is 0.540. The van der Waals surface area contributed by atoms with Crippen LogP contribution in [0.1, 0.15) is 12.0 Å². The topological polar surface area (TPSA) is 24.1 Å². The Balaban J connectivity index is 2.04. The van der Waals surface area contributed by atoms with E-state index in [0.717, 1.165) is 19.5 Å². The zero-order valence-electron chi connectivity index (χ0n) is 9.82. The van der Waals surface area contributed by atoms with E-state index in [1.165, 1.54) is 5.56 Å². The van der Waals surface area contributed by atoms with Gasteiger partial charge in [0.05, 0.1) is 0 Å². The van der Waals surface area contributed by atoms with Gasteiger partial charge in [0.25, 0.3) is 0 Å². The molecule has 0 unspecified atom stereocenters. The van der Waals surface area contributed by atoms with Gasteiger partial charge in [-0.15, -0.1) is 0 Å². The highest BCUT2D eigenvalue weighted by molar-refractivity contribution is 5.14. The normalized spacial score (nSPS) is 11.3. The highest BCUT2D eigenvalue weighted by atomic mass is 14.8. The second-order valence-corrected chi connectivity index (χ2v) is 3.53. The average molecular weight is 216 g/mol. The number of hydrogen-bond donors (Lipinski definition) is 2. The van der Waals surface area contributed by atoms with Crippen molar-refractivity contribution in [3.63, 3.8) is 0 Å². The summed E-state index contributed by atoms with van der Waals surface area (Å²) >= 11 is 0. The van der Waals surface area contributed by atoms with Crippen LogP contribution in [-0.4, -0.2) is 13.6 Å². The Bertz CT molecular complexity index is 315. The largest absolute Gasteiger partial charge is 0.394 e. The van der Waals surface area contributed by atoms with E-state index in [0.29, 0.717) is 0 Å². The molecule has 2 N–H and O–H groups in total. The third-order valence-electron chi connectivity index (χ3n) is 2.17. The molecule has 0 aliphatic carbocycles. The molecule has 0 atom stereocenters. The van der Waals surface area contributed by atoms with Crippen molar-refractivity contribution in [1.29, 1.82) is 0 Å². The van der Waals surface area contributed by atoms with Crippen LogP contribution >= 0.6 is 0 Å².